The number of benzene rings is 2. The highest BCUT2D eigenvalue weighted by Crippen LogP contribution is 2.41. The number of thiazole rings is 1. The summed E-state index contributed by atoms with van der Waals surface area (Å²) in [5.74, 6) is -1.22. The highest BCUT2D eigenvalue weighted by atomic mass is 32.1. The molecule has 1 amide bonds. The summed E-state index contributed by atoms with van der Waals surface area (Å²) in [7, 11) is 0. The van der Waals surface area contributed by atoms with Crippen LogP contribution in [0.4, 0.5) is 5.69 Å². The minimum atomic E-state index is -0.989. The van der Waals surface area contributed by atoms with Crippen LogP contribution in [0.2, 0.25) is 0 Å². The van der Waals surface area contributed by atoms with Crippen LogP contribution in [0.1, 0.15) is 32.9 Å². The van der Waals surface area contributed by atoms with Gasteiger partial charge in [-0.25, -0.2) is 9.78 Å². The van der Waals surface area contributed by atoms with E-state index in [1.54, 1.807) is 31.3 Å². The summed E-state index contributed by atoms with van der Waals surface area (Å²) in [6, 6.07) is 15.7. The van der Waals surface area contributed by atoms with Gasteiger partial charge in [-0.15, -0.1) is 11.3 Å². The summed E-state index contributed by atoms with van der Waals surface area (Å²) in [4.78, 5) is 32.3. The number of nitrogens with zero attached hydrogens (tertiary/aromatic N) is 1. The number of H-pyrrole nitrogens is 1. The molecule has 0 spiro atoms. The molecule has 4 aromatic rings. The highest BCUT2D eigenvalue weighted by molar-refractivity contribution is 7.13. The number of aryl methyl sites for hydroxylation is 1. The van der Waals surface area contributed by atoms with Gasteiger partial charge in [0, 0.05) is 33.5 Å². The Labute approximate surface area is 188 Å². The number of carboxylic acid groups (broad SMARTS) is 1. The number of carbonyl (C=O) groups is 2. The largest absolute Gasteiger partial charge is 0.478 e. The molecule has 0 atom stereocenters. The number of amides is 1. The van der Waals surface area contributed by atoms with Crippen molar-refractivity contribution in [1.82, 2.24) is 9.97 Å². The van der Waals surface area contributed by atoms with Crippen LogP contribution in [0.5, 0.6) is 0 Å². The molecule has 0 saturated heterocycles. The Bertz CT molecular complexity index is 1410. The fourth-order valence-corrected chi connectivity index (χ4v) is 4.89. The van der Waals surface area contributed by atoms with Gasteiger partial charge in [-0.3, -0.25) is 4.79 Å². The molecule has 158 valence electrons. The van der Waals surface area contributed by atoms with Crippen LogP contribution < -0.4 is 5.32 Å². The number of carboxylic acids is 1. The van der Waals surface area contributed by atoms with Gasteiger partial charge in [-0.2, -0.15) is 0 Å². The third kappa shape index (κ3) is 3.23. The number of aromatic nitrogens is 2. The zero-order valence-electron chi connectivity index (χ0n) is 17.4. The number of anilines is 1. The topological polar surface area (TPSA) is 95.1 Å². The molecule has 3 N–H and O–H groups in total. The molecule has 5 rings (SSSR count). The van der Waals surface area contributed by atoms with E-state index in [4.69, 9.17) is 4.98 Å². The smallest absolute Gasteiger partial charge is 0.337 e. The van der Waals surface area contributed by atoms with Crippen molar-refractivity contribution in [2.24, 2.45) is 0 Å². The number of aromatic amines is 1. The van der Waals surface area contributed by atoms with Gasteiger partial charge in [0.05, 0.1) is 22.5 Å². The first-order valence-electron chi connectivity index (χ1n) is 10.0. The third-order valence-corrected chi connectivity index (χ3v) is 6.51. The monoisotopic (exact) mass is 441 g/mol. The predicted molar refractivity (Wildman–Crippen MR) is 127 cm³/mol. The van der Waals surface area contributed by atoms with Crippen LogP contribution in [0.15, 0.2) is 53.9 Å². The molecule has 1 aliphatic rings. The number of nitrogens with one attached hydrogen (secondary N) is 2. The molecule has 3 heterocycles. The molecule has 6 nitrogen and oxygen atoms in total. The maximum atomic E-state index is 12.9. The number of aromatic carboxylic acids is 1. The van der Waals surface area contributed by atoms with E-state index in [0.29, 0.717) is 28.2 Å². The SMILES string of the molecule is Cc1[nH]c(/C=C2\C(=O)Nc3c2cccc3-c2csc(-c3ccccc3)n2)c(C)c1C(=O)O. The van der Waals surface area contributed by atoms with Crippen molar-refractivity contribution in [3.63, 3.8) is 0 Å². The summed E-state index contributed by atoms with van der Waals surface area (Å²) < 4.78 is 0. The minimum Gasteiger partial charge on any atom is -0.478 e. The van der Waals surface area contributed by atoms with E-state index in [0.717, 1.165) is 27.4 Å². The van der Waals surface area contributed by atoms with Crippen molar-refractivity contribution in [1.29, 1.82) is 0 Å². The lowest BCUT2D eigenvalue weighted by Gasteiger charge is -2.05. The fraction of sp³-hybridized carbons (Fsp3) is 0.0800. The summed E-state index contributed by atoms with van der Waals surface area (Å²) in [5.41, 5.74) is 6.68. The van der Waals surface area contributed by atoms with Crippen molar-refractivity contribution in [2.75, 3.05) is 5.32 Å². The van der Waals surface area contributed by atoms with Gasteiger partial charge in [0.1, 0.15) is 5.01 Å². The second-order valence-corrected chi connectivity index (χ2v) is 8.47. The number of para-hydroxylation sites is 1. The predicted octanol–water partition coefficient (Wildman–Crippen LogP) is 5.61. The molecule has 1 aliphatic heterocycles. The van der Waals surface area contributed by atoms with Crippen LogP contribution in [-0.2, 0) is 4.79 Å². The Morgan fingerprint density at radius 2 is 1.81 bits per heavy atom. The lowest BCUT2D eigenvalue weighted by molar-refractivity contribution is -0.110. The molecule has 32 heavy (non-hydrogen) atoms. The molecule has 0 fully saturated rings. The molecular formula is C25H19N3O3S. The standard InChI is InChI=1S/C25H19N3O3S/c1-13-19(26-14(2)21(13)25(30)31)11-18-16-9-6-10-17(22(16)28-23(18)29)20-12-32-24(27-20)15-7-4-3-5-8-15/h3-12,26H,1-2H3,(H,28,29)(H,30,31)/b18-11-. The molecule has 2 aromatic carbocycles. The number of carbonyl (C=O) groups excluding carboxylic acids is 1. The van der Waals surface area contributed by atoms with Crippen LogP contribution in [0.25, 0.3) is 33.5 Å². The van der Waals surface area contributed by atoms with Gasteiger partial charge < -0.3 is 15.4 Å². The highest BCUT2D eigenvalue weighted by Gasteiger charge is 2.28. The summed E-state index contributed by atoms with van der Waals surface area (Å²) in [6.07, 6.45) is 1.72. The Kier molecular flexibility index (Phi) is 4.75. The van der Waals surface area contributed by atoms with E-state index in [-0.39, 0.29) is 11.5 Å². The molecule has 7 heteroatoms. The summed E-state index contributed by atoms with van der Waals surface area (Å²) >= 11 is 1.56. The number of rotatable bonds is 4. The molecular weight excluding hydrogens is 422 g/mol. The first kappa shape index (κ1) is 20.0. The second-order valence-electron chi connectivity index (χ2n) is 7.61. The average Bonchev–Trinajstić information content (AvgIpc) is 3.45. The van der Waals surface area contributed by atoms with E-state index in [1.165, 1.54) is 0 Å². The number of fused-ring (bicyclic) bond motifs is 1. The molecule has 0 aliphatic carbocycles. The molecule has 0 radical (unpaired) electrons. The van der Waals surface area contributed by atoms with Crippen molar-refractivity contribution >= 4 is 40.5 Å². The van der Waals surface area contributed by atoms with Crippen molar-refractivity contribution in [2.45, 2.75) is 13.8 Å². The van der Waals surface area contributed by atoms with E-state index in [2.05, 4.69) is 10.3 Å². The Balaban J connectivity index is 1.57. The first-order chi connectivity index (χ1) is 15.4. The second kappa shape index (κ2) is 7.62. The zero-order valence-corrected chi connectivity index (χ0v) is 18.2. The number of hydrogen-bond acceptors (Lipinski definition) is 4. The Morgan fingerprint density at radius 1 is 1.06 bits per heavy atom. The number of hydrogen-bond donors (Lipinski definition) is 3. The van der Waals surface area contributed by atoms with E-state index < -0.39 is 5.97 Å². The molecule has 2 aromatic heterocycles. The normalized spacial score (nSPS) is 13.9. The minimum absolute atomic E-state index is 0.227. The Morgan fingerprint density at radius 3 is 2.53 bits per heavy atom. The lowest BCUT2D eigenvalue weighted by atomic mass is 10.0. The quantitative estimate of drug-likeness (QED) is 0.359. The maximum absolute atomic E-state index is 12.9. The van der Waals surface area contributed by atoms with Crippen LogP contribution in [0.3, 0.4) is 0 Å². The van der Waals surface area contributed by atoms with E-state index in [9.17, 15) is 14.7 Å². The van der Waals surface area contributed by atoms with Gasteiger partial charge in [0.2, 0.25) is 0 Å². The zero-order chi connectivity index (χ0) is 22.4. The lowest BCUT2D eigenvalue weighted by Crippen LogP contribution is -2.04. The molecule has 0 saturated carbocycles. The van der Waals surface area contributed by atoms with Gasteiger partial charge >= 0.3 is 5.97 Å². The van der Waals surface area contributed by atoms with Gasteiger partial charge in [0.15, 0.2) is 0 Å². The van der Waals surface area contributed by atoms with Gasteiger partial charge in [-0.1, -0.05) is 48.5 Å². The average molecular weight is 442 g/mol. The van der Waals surface area contributed by atoms with Crippen LogP contribution in [-0.4, -0.2) is 27.0 Å². The fourth-order valence-electron chi connectivity index (χ4n) is 4.07. The van der Waals surface area contributed by atoms with Crippen LogP contribution >= 0.6 is 11.3 Å². The summed E-state index contributed by atoms with van der Waals surface area (Å²) in [5, 5.41) is 15.3. The van der Waals surface area contributed by atoms with E-state index >= 15 is 0 Å². The van der Waals surface area contributed by atoms with Crippen molar-refractivity contribution < 1.29 is 14.7 Å². The summed E-state index contributed by atoms with van der Waals surface area (Å²) in [6.45, 7) is 3.45. The van der Waals surface area contributed by atoms with Crippen molar-refractivity contribution in [3.05, 3.63) is 82.0 Å². The maximum Gasteiger partial charge on any atom is 0.337 e. The van der Waals surface area contributed by atoms with Gasteiger partial charge in [-0.05, 0) is 25.5 Å². The van der Waals surface area contributed by atoms with E-state index in [1.807, 2.05) is 53.9 Å². The van der Waals surface area contributed by atoms with Crippen LogP contribution in [0, 0.1) is 13.8 Å². The Hall–Kier alpha value is -3.97. The molecule has 0 bridgehead atoms. The third-order valence-electron chi connectivity index (χ3n) is 5.62. The molecule has 0 unspecified atom stereocenters. The van der Waals surface area contributed by atoms with Crippen molar-refractivity contribution in [3.8, 4) is 21.8 Å². The first-order valence-corrected chi connectivity index (χ1v) is 10.9. The van der Waals surface area contributed by atoms with Gasteiger partial charge in [0.25, 0.3) is 5.91 Å².